The molecule has 2 unspecified atom stereocenters. The second kappa shape index (κ2) is 6.39. The molecule has 1 amide bonds. The minimum atomic E-state index is -0.218. The van der Waals surface area contributed by atoms with Crippen LogP contribution in [0.25, 0.3) is 0 Å². The van der Waals surface area contributed by atoms with E-state index in [0.29, 0.717) is 12.3 Å². The highest BCUT2D eigenvalue weighted by atomic mass is 16.4. The van der Waals surface area contributed by atoms with Crippen LogP contribution in [0.1, 0.15) is 50.8 Å². The average molecular weight is 239 g/mol. The molecule has 1 aromatic heterocycles. The molecule has 0 saturated carbocycles. The first-order valence-corrected chi connectivity index (χ1v) is 6.00. The van der Waals surface area contributed by atoms with Crippen LogP contribution in [0.3, 0.4) is 0 Å². The molecule has 0 aliphatic carbocycles. The van der Waals surface area contributed by atoms with Gasteiger partial charge in [-0.15, -0.1) is 0 Å². The SMILES string of the molecule is CCCC(N)CC(=O)NC(C)c1ncc(C)o1. The molecule has 1 heterocycles. The Balaban J connectivity index is 2.40. The molecule has 0 aromatic carbocycles. The molecule has 2 atom stereocenters. The lowest BCUT2D eigenvalue weighted by Gasteiger charge is -2.13. The van der Waals surface area contributed by atoms with Gasteiger partial charge >= 0.3 is 0 Å². The van der Waals surface area contributed by atoms with Crippen LogP contribution in [0.2, 0.25) is 0 Å². The number of carbonyl (C=O) groups is 1. The van der Waals surface area contributed by atoms with E-state index in [1.807, 2.05) is 13.8 Å². The Kier molecular flexibility index (Phi) is 5.15. The third-order valence-electron chi connectivity index (χ3n) is 2.49. The summed E-state index contributed by atoms with van der Waals surface area (Å²) in [6.07, 6.45) is 3.83. The Bertz CT molecular complexity index is 362. The van der Waals surface area contributed by atoms with Crippen LogP contribution in [0, 0.1) is 6.92 Å². The van der Waals surface area contributed by atoms with Gasteiger partial charge in [0.2, 0.25) is 11.8 Å². The fourth-order valence-corrected chi connectivity index (χ4v) is 1.65. The van der Waals surface area contributed by atoms with E-state index >= 15 is 0 Å². The number of nitrogens with zero attached hydrogens (tertiary/aromatic N) is 1. The van der Waals surface area contributed by atoms with E-state index in [9.17, 15) is 4.79 Å². The molecule has 1 aromatic rings. The van der Waals surface area contributed by atoms with Gasteiger partial charge in [-0.3, -0.25) is 4.79 Å². The predicted molar refractivity (Wildman–Crippen MR) is 65.3 cm³/mol. The first-order valence-electron chi connectivity index (χ1n) is 6.00. The molecule has 3 N–H and O–H groups in total. The Labute approximate surface area is 102 Å². The number of nitrogens with two attached hydrogens (primary N) is 1. The van der Waals surface area contributed by atoms with Gasteiger partial charge in [0.1, 0.15) is 11.8 Å². The van der Waals surface area contributed by atoms with Gasteiger partial charge in [0, 0.05) is 12.5 Å². The molecule has 1 rings (SSSR count). The zero-order valence-corrected chi connectivity index (χ0v) is 10.7. The van der Waals surface area contributed by atoms with Crippen LogP contribution in [0.15, 0.2) is 10.6 Å². The van der Waals surface area contributed by atoms with Crippen LogP contribution < -0.4 is 11.1 Å². The Morgan fingerprint density at radius 2 is 2.35 bits per heavy atom. The number of rotatable bonds is 6. The largest absolute Gasteiger partial charge is 0.444 e. The highest BCUT2D eigenvalue weighted by Gasteiger charge is 2.15. The van der Waals surface area contributed by atoms with Gasteiger partial charge in [-0.2, -0.15) is 0 Å². The fraction of sp³-hybridized carbons (Fsp3) is 0.667. The minimum Gasteiger partial charge on any atom is -0.444 e. The maximum Gasteiger partial charge on any atom is 0.222 e. The third kappa shape index (κ3) is 4.56. The lowest BCUT2D eigenvalue weighted by Crippen LogP contribution is -2.33. The second-order valence-corrected chi connectivity index (χ2v) is 4.35. The summed E-state index contributed by atoms with van der Waals surface area (Å²) in [5, 5.41) is 2.82. The van der Waals surface area contributed by atoms with Gasteiger partial charge in [-0.25, -0.2) is 4.98 Å². The number of hydrogen-bond donors (Lipinski definition) is 2. The topological polar surface area (TPSA) is 81.2 Å². The first kappa shape index (κ1) is 13.7. The van der Waals surface area contributed by atoms with Crippen molar-refractivity contribution in [3.63, 3.8) is 0 Å². The molecule has 0 fully saturated rings. The highest BCUT2D eigenvalue weighted by Crippen LogP contribution is 2.12. The van der Waals surface area contributed by atoms with Crippen LogP contribution in [0.4, 0.5) is 0 Å². The van der Waals surface area contributed by atoms with Crippen molar-refractivity contribution in [2.75, 3.05) is 0 Å². The lowest BCUT2D eigenvalue weighted by atomic mass is 10.1. The van der Waals surface area contributed by atoms with Crippen LogP contribution in [-0.2, 0) is 4.79 Å². The Morgan fingerprint density at radius 1 is 1.65 bits per heavy atom. The molecule has 5 heteroatoms. The van der Waals surface area contributed by atoms with Crippen LogP contribution in [-0.4, -0.2) is 16.9 Å². The molecule has 0 saturated heterocycles. The van der Waals surface area contributed by atoms with Gasteiger partial charge in [0.25, 0.3) is 0 Å². The van der Waals surface area contributed by atoms with Gasteiger partial charge in [-0.05, 0) is 20.3 Å². The molecule has 96 valence electrons. The summed E-state index contributed by atoms with van der Waals surface area (Å²) in [6, 6.07) is -0.288. The zero-order chi connectivity index (χ0) is 12.8. The van der Waals surface area contributed by atoms with Crippen molar-refractivity contribution in [3.05, 3.63) is 17.8 Å². The van der Waals surface area contributed by atoms with E-state index in [1.165, 1.54) is 0 Å². The quantitative estimate of drug-likeness (QED) is 0.791. The number of oxazole rings is 1. The number of amides is 1. The number of nitrogens with one attached hydrogen (secondary N) is 1. The Hall–Kier alpha value is -1.36. The van der Waals surface area contributed by atoms with Crippen molar-refractivity contribution < 1.29 is 9.21 Å². The molecule has 17 heavy (non-hydrogen) atoms. The lowest BCUT2D eigenvalue weighted by molar-refractivity contribution is -0.122. The molecule has 0 bridgehead atoms. The van der Waals surface area contributed by atoms with Crippen molar-refractivity contribution in [2.45, 2.75) is 52.1 Å². The summed E-state index contributed by atoms with van der Waals surface area (Å²) >= 11 is 0. The fourth-order valence-electron chi connectivity index (χ4n) is 1.65. The third-order valence-corrected chi connectivity index (χ3v) is 2.49. The van der Waals surface area contributed by atoms with Gasteiger partial charge in [0.15, 0.2) is 0 Å². The molecule has 0 spiro atoms. The van der Waals surface area contributed by atoms with Crippen molar-refractivity contribution in [1.29, 1.82) is 0 Å². The molecule has 0 aliphatic heterocycles. The number of hydrogen-bond acceptors (Lipinski definition) is 4. The van der Waals surface area contributed by atoms with Gasteiger partial charge in [0.05, 0.1) is 6.20 Å². The van der Waals surface area contributed by atoms with E-state index in [4.69, 9.17) is 10.2 Å². The Morgan fingerprint density at radius 3 is 2.88 bits per heavy atom. The highest BCUT2D eigenvalue weighted by molar-refractivity contribution is 5.76. The van der Waals surface area contributed by atoms with E-state index in [-0.39, 0.29) is 18.0 Å². The smallest absolute Gasteiger partial charge is 0.222 e. The van der Waals surface area contributed by atoms with Crippen LogP contribution in [0.5, 0.6) is 0 Å². The number of aryl methyl sites for hydroxylation is 1. The van der Waals surface area contributed by atoms with E-state index in [0.717, 1.165) is 18.6 Å². The molecule has 0 radical (unpaired) electrons. The molecule has 0 aliphatic rings. The standard InChI is InChI=1S/C12H21N3O2/c1-4-5-10(13)6-11(16)15-9(3)12-14-7-8(2)17-12/h7,9-10H,4-6,13H2,1-3H3,(H,15,16). The van der Waals surface area contributed by atoms with E-state index in [2.05, 4.69) is 17.2 Å². The number of carbonyl (C=O) groups excluding carboxylic acids is 1. The summed E-state index contributed by atoms with van der Waals surface area (Å²) in [6.45, 7) is 5.71. The summed E-state index contributed by atoms with van der Waals surface area (Å²) in [4.78, 5) is 15.7. The van der Waals surface area contributed by atoms with Gasteiger partial charge < -0.3 is 15.5 Å². The maximum absolute atomic E-state index is 11.7. The molecular weight excluding hydrogens is 218 g/mol. The molecular formula is C12H21N3O2. The van der Waals surface area contributed by atoms with Crippen molar-refractivity contribution >= 4 is 5.91 Å². The normalized spacial score (nSPS) is 14.4. The maximum atomic E-state index is 11.7. The van der Waals surface area contributed by atoms with Crippen molar-refractivity contribution in [1.82, 2.24) is 10.3 Å². The summed E-state index contributed by atoms with van der Waals surface area (Å²) in [5.41, 5.74) is 5.80. The zero-order valence-electron chi connectivity index (χ0n) is 10.7. The minimum absolute atomic E-state index is 0.0608. The monoisotopic (exact) mass is 239 g/mol. The van der Waals surface area contributed by atoms with Crippen molar-refractivity contribution in [3.8, 4) is 0 Å². The summed E-state index contributed by atoms with van der Waals surface area (Å²) < 4.78 is 5.34. The summed E-state index contributed by atoms with van der Waals surface area (Å²) in [5.74, 6) is 1.21. The van der Waals surface area contributed by atoms with Gasteiger partial charge in [-0.1, -0.05) is 13.3 Å². The molecule has 5 nitrogen and oxygen atoms in total. The average Bonchev–Trinajstić information content (AvgIpc) is 2.64. The summed E-state index contributed by atoms with van der Waals surface area (Å²) in [7, 11) is 0. The van der Waals surface area contributed by atoms with E-state index in [1.54, 1.807) is 6.20 Å². The first-order chi connectivity index (χ1) is 8.02. The number of aromatic nitrogens is 1. The van der Waals surface area contributed by atoms with Crippen LogP contribution >= 0.6 is 0 Å². The van der Waals surface area contributed by atoms with E-state index < -0.39 is 0 Å². The predicted octanol–water partition coefficient (Wildman–Crippen LogP) is 1.68. The van der Waals surface area contributed by atoms with Crippen molar-refractivity contribution in [2.24, 2.45) is 5.73 Å². The second-order valence-electron chi connectivity index (χ2n) is 4.35.